The molecule has 3 unspecified atom stereocenters. The smallest absolute Gasteiger partial charge is 0.254 e. The van der Waals surface area contributed by atoms with E-state index in [1.165, 1.54) is 0 Å². The van der Waals surface area contributed by atoms with Crippen molar-refractivity contribution in [1.29, 1.82) is 0 Å². The van der Waals surface area contributed by atoms with E-state index in [0.29, 0.717) is 29.0 Å². The molecular formula is C29H27NO5. The lowest BCUT2D eigenvalue weighted by Gasteiger charge is -2.58. The van der Waals surface area contributed by atoms with Crippen molar-refractivity contribution in [3.05, 3.63) is 94.3 Å². The molecule has 2 N–H and O–H groups in total. The average molecular weight is 470 g/mol. The first-order valence-corrected chi connectivity index (χ1v) is 11.8. The van der Waals surface area contributed by atoms with Crippen molar-refractivity contribution < 1.29 is 24.2 Å². The Kier molecular flexibility index (Phi) is 4.34. The van der Waals surface area contributed by atoms with E-state index in [2.05, 4.69) is 25.2 Å². The van der Waals surface area contributed by atoms with Gasteiger partial charge in [-0.05, 0) is 56.5 Å². The van der Waals surface area contributed by atoms with Crippen LogP contribution < -0.4 is 14.8 Å². The Morgan fingerprint density at radius 3 is 2.54 bits per heavy atom. The summed E-state index contributed by atoms with van der Waals surface area (Å²) in [5, 5.41) is 13.2. The summed E-state index contributed by atoms with van der Waals surface area (Å²) in [5.74, 6) is 0.830. The van der Waals surface area contributed by atoms with E-state index < -0.39 is 22.7 Å². The van der Waals surface area contributed by atoms with Crippen LogP contribution in [0, 0.1) is 10.8 Å². The molecule has 1 spiro atoms. The van der Waals surface area contributed by atoms with Crippen LogP contribution in [0.2, 0.25) is 0 Å². The third-order valence-corrected chi connectivity index (χ3v) is 8.23. The second kappa shape index (κ2) is 6.95. The molecule has 0 saturated heterocycles. The normalized spacial score (nSPS) is 29.9. The lowest BCUT2D eigenvalue weighted by atomic mass is 9.52. The molecule has 1 amide bonds. The van der Waals surface area contributed by atoms with E-state index in [4.69, 9.17) is 9.47 Å². The second-order valence-corrected chi connectivity index (χ2v) is 10.5. The van der Waals surface area contributed by atoms with Gasteiger partial charge >= 0.3 is 0 Å². The van der Waals surface area contributed by atoms with Gasteiger partial charge in [-0.15, -0.1) is 0 Å². The molecule has 2 aliphatic heterocycles. The maximum atomic E-state index is 13.7. The van der Waals surface area contributed by atoms with E-state index in [-0.39, 0.29) is 17.4 Å². The zero-order valence-electron chi connectivity index (χ0n) is 20.1. The van der Waals surface area contributed by atoms with Gasteiger partial charge in [-0.1, -0.05) is 48.9 Å². The molecule has 0 radical (unpaired) electrons. The monoisotopic (exact) mass is 469 g/mol. The number of benzene rings is 2. The van der Waals surface area contributed by atoms with Crippen LogP contribution in [0.3, 0.4) is 0 Å². The number of para-hydroxylation sites is 1. The first kappa shape index (κ1) is 21.9. The number of fused-ring (bicyclic) bond motifs is 3. The molecule has 2 aromatic carbocycles. The van der Waals surface area contributed by atoms with Gasteiger partial charge in [0.05, 0.1) is 16.5 Å². The van der Waals surface area contributed by atoms with E-state index >= 15 is 0 Å². The molecular weight excluding hydrogens is 442 g/mol. The fourth-order valence-electron chi connectivity index (χ4n) is 6.05. The summed E-state index contributed by atoms with van der Waals surface area (Å²) < 4.78 is 13.1. The van der Waals surface area contributed by atoms with Gasteiger partial charge in [0.1, 0.15) is 11.5 Å². The Morgan fingerprint density at radius 1 is 1.06 bits per heavy atom. The Morgan fingerprint density at radius 2 is 1.80 bits per heavy atom. The van der Waals surface area contributed by atoms with Crippen LogP contribution in [0.5, 0.6) is 11.5 Å². The minimum Gasteiger partial charge on any atom is -0.477 e. The number of aliphatic hydroxyl groups excluding tert-OH is 1. The van der Waals surface area contributed by atoms with Gasteiger partial charge in [0.15, 0.2) is 17.6 Å². The Hall–Kier alpha value is -3.64. The quantitative estimate of drug-likeness (QED) is 0.674. The van der Waals surface area contributed by atoms with Gasteiger partial charge < -0.3 is 19.9 Å². The number of nitrogens with one attached hydrogen (secondary N) is 1. The molecule has 35 heavy (non-hydrogen) atoms. The summed E-state index contributed by atoms with van der Waals surface area (Å²) in [7, 11) is 0. The van der Waals surface area contributed by atoms with Gasteiger partial charge in [-0.3, -0.25) is 9.59 Å². The van der Waals surface area contributed by atoms with Crippen molar-refractivity contribution in [2.24, 2.45) is 10.8 Å². The van der Waals surface area contributed by atoms with Crippen molar-refractivity contribution >= 4 is 11.7 Å². The highest BCUT2D eigenvalue weighted by atomic mass is 16.5. The largest absolute Gasteiger partial charge is 0.477 e. The lowest BCUT2D eigenvalue weighted by Crippen LogP contribution is -2.62. The summed E-state index contributed by atoms with van der Waals surface area (Å²) in [6.07, 6.45) is 5.33. The van der Waals surface area contributed by atoms with Crippen molar-refractivity contribution in [2.45, 2.75) is 45.9 Å². The predicted octanol–water partition coefficient (Wildman–Crippen LogP) is 4.56. The highest BCUT2D eigenvalue weighted by Gasteiger charge is 2.64. The van der Waals surface area contributed by atoms with E-state index in [0.717, 1.165) is 16.7 Å². The maximum Gasteiger partial charge on any atom is 0.254 e. The Bertz CT molecular complexity index is 1400. The predicted molar refractivity (Wildman–Crippen MR) is 130 cm³/mol. The summed E-state index contributed by atoms with van der Waals surface area (Å²) in [5.41, 5.74) is 1.24. The molecule has 0 saturated carbocycles. The van der Waals surface area contributed by atoms with Gasteiger partial charge in [-0.2, -0.15) is 0 Å². The summed E-state index contributed by atoms with van der Waals surface area (Å²) in [6, 6.07) is 12.9. The second-order valence-electron chi connectivity index (χ2n) is 10.5. The number of allylic oxidation sites excluding steroid dienone is 3. The van der Waals surface area contributed by atoms with Crippen molar-refractivity contribution in [3.8, 4) is 11.5 Å². The molecule has 4 aliphatic rings. The number of aliphatic hydroxyl groups is 1. The van der Waals surface area contributed by atoms with E-state index in [1.54, 1.807) is 6.07 Å². The molecule has 0 bridgehead atoms. The highest BCUT2D eigenvalue weighted by Crippen LogP contribution is 2.62. The maximum absolute atomic E-state index is 13.7. The standard InChI is InChI=1S/C29H27NO5/c1-16-10-13-21-27(2,3)24(31)20(34-18-8-6-5-7-9-18)15-29(21)28(16,4)14-17-11-12-19-22(23(17)35-29)26(33)30-25(19)32/h5-13,15,26,33H,14H2,1-4H3,(H,30,32). The minimum absolute atomic E-state index is 0.127. The topological polar surface area (TPSA) is 84.9 Å². The van der Waals surface area contributed by atoms with Crippen LogP contribution in [0.15, 0.2) is 77.6 Å². The molecule has 0 aromatic heterocycles. The third kappa shape index (κ3) is 2.74. The van der Waals surface area contributed by atoms with Crippen LogP contribution in [0.1, 0.15) is 55.4 Å². The molecule has 6 heteroatoms. The Labute approximate surface area is 203 Å². The number of hydrogen-bond donors (Lipinski definition) is 2. The lowest BCUT2D eigenvalue weighted by molar-refractivity contribution is -0.127. The number of rotatable bonds is 2. The van der Waals surface area contributed by atoms with Crippen LogP contribution in [-0.2, 0) is 11.2 Å². The summed E-state index contributed by atoms with van der Waals surface area (Å²) in [4.78, 5) is 26.1. The SMILES string of the molecule is CC1=CC=C2C(C)(C)C(=O)C(Oc3ccccc3)=CC23Oc2c(ccc4c2C(O)NC4=O)CC13C. The molecule has 2 heterocycles. The van der Waals surface area contributed by atoms with Crippen LogP contribution in [-0.4, -0.2) is 22.4 Å². The number of hydrogen-bond acceptors (Lipinski definition) is 5. The highest BCUT2D eigenvalue weighted by molar-refractivity contribution is 6.03. The molecule has 6 nitrogen and oxygen atoms in total. The molecule has 178 valence electrons. The number of ketones is 1. The molecule has 2 aliphatic carbocycles. The summed E-state index contributed by atoms with van der Waals surface area (Å²) in [6.45, 7) is 8.01. The summed E-state index contributed by atoms with van der Waals surface area (Å²) >= 11 is 0. The first-order valence-electron chi connectivity index (χ1n) is 11.8. The number of ether oxygens (including phenoxy) is 2. The van der Waals surface area contributed by atoms with Crippen LogP contribution >= 0.6 is 0 Å². The van der Waals surface area contributed by atoms with Crippen LogP contribution in [0.25, 0.3) is 0 Å². The average Bonchev–Trinajstić information content (AvgIpc) is 3.11. The molecule has 2 aromatic rings. The first-order chi connectivity index (χ1) is 16.6. The van der Waals surface area contributed by atoms with E-state index in [9.17, 15) is 14.7 Å². The van der Waals surface area contributed by atoms with Gasteiger partial charge in [0.25, 0.3) is 5.91 Å². The van der Waals surface area contributed by atoms with E-state index in [1.807, 2.05) is 62.4 Å². The Balaban J connectivity index is 1.61. The van der Waals surface area contributed by atoms with Gasteiger partial charge in [-0.25, -0.2) is 0 Å². The van der Waals surface area contributed by atoms with Crippen molar-refractivity contribution in [2.75, 3.05) is 0 Å². The van der Waals surface area contributed by atoms with Crippen molar-refractivity contribution in [1.82, 2.24) is 5.32 Å². The number of carbonyl (C=O) groups is 2. The number of amides is 1. The minimum atomic E-state index is -1.15. The zero-order valence-corrected chi connectivity index (χ0v) is 20.1. The molecule has 0 fully saturated rings. The molecule has 6 rings (SSSR count). The fourth-order valence-corrected chi connectivity index (χ4v) is 6.05. The number of Topliss-reactive ketones (excluding diaryl/α,β-unsaturated/α-hetero) is 1. The molecule has 3 atom stereocenters. The third-order valence-electron chi connectivity index (χ3n) is 8.23. The fraction of sp³-hybridized carbons (Fsp3) is 0.310. The van der Waals surface area contributed by atoms with Crippen molar-refractivity contribution in [3.63, 3.8) is 0 Å². The zero-order chi connectivity index (χ0) is 24.8. The van der Waals surface area contributed by atoms with Gasteiger partial charge in [0.2, 0.25) is 5.78 Å². The number of carbonyl (C=O) groups excluding carboxylic acids is 2. The van der Waals surface area contributed by atoms with Crippen LogP contribution in [0.4, 0.5) is 0 Å². The van der Waals surface area contributed by atoms with Gasteiger partial charge in [0, 0.05) is 11.5 Å².